The lowest BCUT2D eigenvalue weighted by Gasteiger charge is -2.30. The highest BCUT2D eigenvalue weighted by Gasteiger charge is 2.29. The van der Waals surface area contributed by atoms with Crippen LogP contribution in [0.15, 0.2) is 24.3 Å². The lowest BCUT2D eigenvalue weighted by Crippen LogP contribution is -2.41. The summed E-state index contributed by atoms with van der Waals surface area (Å²) in [5, 5.41) is 0. The number of benzene rings is 1. The van der Waals surface area contributed by atoms with Crippen molar-refractivity contribution < 1.29 is 4.74 Å². The Morgan fingerprint density at radius 2 is 2.05 bits per heavy atom. The van der Waals surface area contributed by atoms with E-state index in [1.165, 1.54) is 18.4 Å². The van der Waals surface area contributed by atoms with Gasteiger partial charge < -0.3 is 10.5 Å². The van der Waals surface area contributed by atoms with Crippen molar-refractivity contribution in [3.05, 3.63) is 29.8 Å². The van der Waals surface area contributed by atoms with Gasteiger partial charge in [-0.05, 0) is 30.5 Å². The lowest BCUT2D eigenvalue weighted by atomic mass is 10.2. The third-order valence-electron chi connectivity index (χ3n) is 4.21. The highest BCUT2D eigenvalue weighted by Crippen LogP contribution is 2.28. The number of hydrogen-bond donors (Lipinski definition) is 1. The Balaban J connectivity index is 1.53. The molecule has 1 aromatic carbocycles. The summed E-state index contributed by atoms with van der Waals surface area (Å²) in [6, 6.07) is 9.08. The lowest BCUT2D eigenvalue weighted by molar-refractivity contribution is 0.0325. The molecule has 1 aliphatic carbocycles. The highest BCUT2D eigenvalue weighted by atomic mass is 16.5. The summed E-state index contributed by atoms with van der Waals surface area (Å²) in [5.74, 6) is 0. The number of ether oxygens (including phenoxy) is 1. The zero-order valence-corrected chi connectivity index (χ0v) is 12.1. The van der Waals surface area contributed by atoms with Gasteiger partial charge in [-0.15, -0.1) is 0 Å². The second kappa shape index (κ2) is 6.57. The SMILES string of the molecule is Nc1cccc(CN(CCN2CCOCC2)C2CC2)c1. The first-order valence-corrected chi connectivity index (χ1v) is 7.70. The van der Waals surface area contributed by atoms with Crippen LogP contribution in [0.4, 0.5) is 5.69 Å². The van der Waals surface area contributed by atoms with Gasteiger partial charge in [0, 0.05) is 44.5 Å². The Morgan fingerprint density at radius 3 is 2.75 bits per heavy atom. The first kappa shape index (κ1) is 13.9. The van der Waals surface area contributed by atoms with E-state index < -0.39 is 0 Å². The maximum Gasteiger partial charge on any atom is 0.0594 e. The molecular weight excluding hydrogens is 250 g/mol. The average molecular weight is 275 g/mol. The van der Waals surface area contributed by atoms with Gasteiger partial charge in [0.15, 0.2) is 0 Å². The predicted octanol–water partition coefficient (Wildman–Crippen LogP) is 1.57. The molecule has 1 heterocycles. The Bertz CT molecular complexity index is 427. The zero-order valence-electron chi connectivity index (χ0n) is 12.1. The van der Waals surface area contributed by atoms with Crippen LogP contribution in [-0.2, 0) is 11.3 Å². The molecular formula is C16H25N3O. The van der Waals surface area contributed by atoms with Crippen LogP contribution >= 0.6 is 0 Å². The summed E-state index contributed by atoms with van der Waals surface area (Å²) in [5.41, 5.74) is 8.08. The Kier molecular flexibility index (Phi) is 4.55. The van der Waals surface area contributed by atoms with Crippen LogP contribution < -0.4 is 5.73 Å². The van der Waals surface area contributed by atoms with Crippen molar-refractivity contribution in [1.82, 2.24) is 9.80 Å². The van der Waals surface area contributed by atoms with Gasteiger partial charge in [-0.1, -0.05) is 12.1 Å². The summed E-state index contributed by atoms with van der Waals surface area (Å²) in [6.07, 6.45) is 2.71. The molecule has 20 heavy (non-hydrogen) atoms. The van der Waals surface area contributed by atoms with Crippen molar-refractivity contribution >= 4 is 5.69 Å². The minimum Gasteiger partial charge on any atom is -0.399 e. The maximum absolute atomic E-state index is 5.88. The van der Waals surface area contributed by atoms with Crippen molar-refractivity contribution in [2.45, 2.75) is 25.4 Å². The van der Waals surface area contributed by atoms with Gasteiger partial charge in [0.1, 0.15) is 0 Å². The smallest absolute Gasteiger partial charge is 0.0594 e. The topological polar surface area (TPSA) is 41.7 Å². The van der Waals surface area contributed by atoms with E-state index in [0.29, 0.717) is 0 Å². The van der Waals surface area contributed by atoms with E-state index in [0.717, 1.165) is 57.7 Å². The predicted molar refractivity (Wildman–Crippen MR) is 81.5 cm³/mol. The van der Waals surface area contributed by atoms with Gasteiger partial charge >= 0.3 is 0 Å². The number of morpholine rings is 1. The van der Waals surface area contributed by atoms with E-state index in [4.69, 9.17) is 10.5 Å². The van der Waals surface area contributed by atoms with Crippen molar-refractivity contribution in [2.24, 2.45) is 0 Å². The van der Waals surface area contributed by atoms with E-state index in [1.807, 2.05) is 6.07 Å². The van der Waals surface area contributed by atoms with Gasteiger partial charge in [0.05, 0.1) is 13.2 Å². The zero-order chi connectivity index (χ0) is 13.8. The largest absolute Gasteiger partial charge is 0.399 e. The quantitative estimate of drug-likeness (QED) is 0.800. The number of nitrogen functional groups attached to an aromatic ring is 1. The normalized spacial score (nSPS) is 20.4. The summed E-state index contributed by atoms with van der Waals surface area (Å²) >= 11 is 0. The molecule has 0 atom stereocenters. The third-order valence-corrected chi connectivity index (χ3v) is 4.21. The van der Waals surface area contributed by atoms with Gasteiger partial charge in [0.2, 0.25) is 0 Å². The van der Waals surface area contributed by atoms with Crippen LogP contribution in [0.1, 0.15) is 18.4 Å². The van der Waals surface area contributed by atoms with Crippen LogP contribution in [0.5, 0.6) is 0 Å². The van der Waals surface area contributed by atoms with Gasteiger partial charge in [-0.3, -0.25) is 9.80 Å². The van der Waals surface area contributed by atoms with Gasteiger partial charge in [0.25, 0.3) is 0 Å². The molecule has 0 spiro atoms. The average Bonchev–Trinajstić information content (AvgIpc) is 3.29. The number of rotatable bonds is 6. The van der Waals surface area contributed by atoms with Crippen molar-refractivity contribution in [2.75, 3.05) is 45.1 Å². The van der Waals surface area contributed by atoms with Crippen LogP contribution in [0, 0.1) is 0 Å². The molecule has 0 aromatic heterocycles. The fourth-order valence-electron chi connectivity index (χ4n) is 2.85. The fraction of sp³-hybridized carbons (Fsp3) is 0.625. The van der Waals surface area contributed by atoms with E-state index in [9.17, 15) is 0 Å². The van der Waals surface area contributed by atoms with E-state index in [1.54, 1.807) is 0 Å². The summed E-state index contributed by atoms with van der Waals surface area (Å²) in [7, 11) is 0. The minimum atomic E-state index is 0.789. The molecule has 1 saturated carbocycles. The minimum absolute atomic E-state index is 0.789. The first-order valence-electron chi connectivity index (χ1n) is 7.70. The molecule has 3 rings (SSSR count). The third kappa shape index (κ3) is 3.95. The molecule has 4 heteroatoms. The van der Waals surface area contributed by atoms with E-state index in [-0.39, 0.29) is 0 Å². The molecule has 0 unspecified atom stereocenters. The highest BCUT2D eigenvalue weighted by molar-refractivity contribution is 5.40. The molecule has 4 nitrogen and oxygen atoms in total. The van der Waals surface area contributed by atoms with Gasteiger partial charge in [-0.25, -0.2) is 0 Å². The molecule has 1 aromatic rings. The van der Waals surface area contributed by atoms with Crippen LogP contribution in [0.3, 0.4) is 0 Å². The fourth-order valence-corrected chi connectivity index (χ4v) is 2.85. The second-order valence-electron chi connectivity index (χ2n) is 5.90. The Morgan fingerprint density at radius 1 is 1.25 bits per heavy atom. The molecule has 2 N–H and O–H groups in total. The van der Waals surface area contributed by atoms with Crippen molar-refractivity contribution in [3.8, 4) is 0 Å². The van der Waals surface area contributed by atoms with Crippen molar-refractivity contribution in [1.29, 1.82) is 0 Å². The standard InChI is InChI=1S/C16H25N3O/c17-15-3-1-2-14(12-15)13-19(16-4-5-16)7-6-18-8-10-20-11-9-18/h1-3,12,16H,4-11,13,17H2. The van der Waals surface area contributed by atoms with Crippen LogP contribution in [0.25, 0.3) is 0 Å². The molecule has 1 saturated heterocycles. The van der Waals surface area contributed by atoms with E-state index in [2.05, 4.69) is 28.0 Å². The molecule has 110 valence electrons. The summed E-state index contributed by atoms with van der Waals surface area (Å²) in [4.78, 5) is 5.13. The summed E-state index contributed by atoms with van der Waals surface area (Å²) in [6.45, 7) is 7.27. The maximum atomic E-state index is 5.88. The number of nitrogens with zero attached hydrogens (tertiary/aromatic N) is 2. The van der Waals surface area contributed by atoms with Crippen LogP contribution in [-0.4, -0.2) is 55.2 Å². The molecule has 0 amide bonds. The molecule has 2 aliphatic rings. The van der Waals surface area contributed by atoms with Gasteiger partial charge in [-0.2, -0.15) is 0 Å². The second-order valence-corrected chi connectivity index (χ2v) is 5.90. The Hall–Kier alpha value is -1.10. The van der Waals surface area contributed by atoms with Crippen LogP contribution in [0.2, 0.25) is 0 Å². The first-order chi connectivity index (χ1) is 9.81. The number of hydrogen-bond acceptors (Lipinski definition) is 4. The monoisotopic (exact) mass is 275 g/mol. The molecule has 0 bridgehead atoms. The summed E-state index contributed by atoms with van der Waals surface area (Å²) < 4.78 is 5.41. The van der Waals surface area contributed by atoms with Crippen molar-refractivity contribution in [3.63, 3.8) is 0 Å². The molecule has 0 radical (unpaired) electrons. The molecule has 1 aliphatic heterocycles. The number of anilines is 1. The Labute approximate surface area is 121 Å². The van der Waals surface area contributed by atoms with E-state index >= 15 is 0 Å². The number of nitrogens with two attached hydrogens (primary N) is 1. The molecule has 2 fully saturated rings.